The number of amides is 1. The van der Waals surface area contributed by atoms with Gasteiger partial charge in [-0.2, -0.15) is 0 Å². The lowest BCUT2D eigenvalue weighted by atomic mass is 10.00. The van der Waals surface area contributed by atoms with Crippen molar-refractivity contribution >= 4 is 23.1 Å². The first-order valence-electron chi connectivity index (χ1n) is 11.8. The molecule has 1 heterocycles. The summed E-state index contributed by atoms with van der Waals surface area (Å²) in [7, 11) is 8.57. The highest BCUT2D eigenvalue weighted by atomic mass is 16.5. The lowest BCUT2D eigenvalue weighted by Crippen LogP contribution is -2.47. The predicted molar refractivity (Wildman–Crippen MR) is 138 cm³/mol. The van der Waals surface area contributed by atoms with Gasteiger partial charge in [-0.15, -0.1) is 0 Å². The molecule has 0 bridgehead atoms. The molecule has 7 nitrogen and oxygen atoms in total. The van der Waals surface area contributed by atoms with E-state index < -0.39 is 0 Å². The summed E-state index contributed by atoms with van der Waals surface area (Å²) in [5.41, 5.74) is 6.24. The number of piperazine rings is 1. The van der Waals surface area contributed by atoms with Gasteiger partial charge >= 0.3 is 0 Å². The number of nitrogens with zero attached hydrogens (tertiary/aromatic N) is 2. The van der Waals surface area contributed by atoms with Gasteiger partial charge in [0, 0.05) is 26.2 Å². The first kappa shape index (κ1) is 24.7. The van der Waals surface area contributed by atoms with E-state index in [2.05, 4.69) is 31.0 Å². The van der Waals surface area contributed by atoms with Crippen molar-refractivity contribution in [1.29, 1.82) is 0 Å². The van der Waals surface area contributed by atoms with Crippen LogP contribution in [0.15, 0.2) is 35.9 Å². The number of carbonyl (C=O) groups excluding carboxylic acids is 1. The van der Waals surface area contributed by atoms with E-state index in [1.165, 1.54) is 0 Å². The van der Waals surface area contributed by atoms with Crippen LogP contribution in [-0.2, 0) is 4.79 Å². The molecule has 0 spiro atoms. The van der Waals surface area contributed by atoms with Gasteiger partial charge in [0.05, 0.1) is 34.9 Å². The Morgan fingerprint density at radius 1 is 0.886 bits per heavy atom. The maximum Gasteiger partial charge on any atom is 0.227 e. The average Bonchev–Trinajstić information content (AvgIpc) is 3.13. The standard InChI is InChI=1S/C28H34N2O5/c1-18-22(13-19-14-25(33-4)28(35-6)26(15-19)34-5)21-8-7-20(32-3)16-24(21)23(18)17-27(31)30-11-9-29(2)10-12-30/h7-8,13-16H,9-12,17H2,1-6H3. The molecule has 7 heteroatoms. The van der Waals surface area contributed by atoms with Gasteiger partial charge in [-0.05, 0) is 77.7 Å². The Bertz CT molecular complexity index is 1150. The van der Waals surface area contributed by atoms with E-state index in [0.29, 0.717) is 23.7 Å². The number of allylic oxidation sites excluding steroid dienone is 2. The molecule has 2 aliphatic rings. The first-order chi connectivity index (χ1) is 16.9. The molecule has 0 saturated carbocycles. The third-order valence-electron chi connectivity index (χ3n) is 6.88. The lowest BCUT2D eigenvalue weighted by Gasteiger charge is -2.32. The summed E-state index contributed by atoms with van der Waals surface area (Å²) in [5.74, 6) is 2.68. The van der Waals surface area contributed by atoms with Crippen molar-refractivity contribution < 1.29 is 23.7 Å². The predicted octanol–water partition coefficient (Wildman–Crippen LogP) is 4.21. The highest BCUT2D eigenvalue weighted by Gasteiger charge is 2.28. The molecule has 1 fully saturated rings. The zero-order chi connectivity index (χ0) is 25.1. The van der Waals surface area contributed by atoms with Crippen LogP contribution in [0.5, 0.6) is 23.0 Å². The molecule has 0 atom stereocenters. The smallest absolute Gasteiger partial charge is 0.227 e. The number of benzene rings is 2. The van der Waals surface area contributed by atoms with Gasteiger partial charge < -0.3 is 28.7 Å². The van der Waals surface area contributed by atoms with E-state index in [1.54, 1.807) is 28.4 Å². The summed E-state index contributed by atoms with van der Waals surface area (Å²) in [6.07, 6.45) is 2.47. The quantitative estimate of drug-likeness (QED) is 0.594. The van der Waals surface area contributed by atoms with Crippen LogP contribution in [-0.4, -0.2) is 77.4 Å². The van der Waals surface area contributed by atoms with Crippen LogP contribution >= 0.6 is 0 Å². The van der Waals surface area contributed by atoms with Crippen molar-refractivity contribution in [2.75, 3.05) is 61.7 Å². The number of fused-ring (bicyclic) bond motifs is 1. The van der Waals surface area contributed by atoms with E-state index in [-0.39, 0.29) is 5.91 Å². The molecule has 0 radical (unpaired) electrons. The van der Waals surface area contributed by atoms with Crippen LogP contribution in [0.25, 0.3) is 17.2 Å². The average molecular weight is 479 g/mol. The monoisotopic (exact) mass is 478 g/mol. The molecule has 4 rings (SSSR count). The molecular weight excluding hydrogens is 444 g/mol. The molecular formula is C28H34N2O5. The van der Waals surface area contributed by atoms with Gasteiger partial charge in [-0.25, -0.2) is 0 Å². The van der Waals surface area contributed by atoms with Gasteiger partial charge in [-0.1, -0.05) is 6.07 Å². The fraction of sp³-hybridized carbons (Fsp3) is 0.393. The normalized spacial score (nSPS) is 17.0. The van der Waals surface area contributed by atoms with Crippen molar-refractivity contribution in [2.24, 2.45) is 0 Å². The Hall–Kier alpha value is -3.45. The van der Waals surface area contributed by atoms with Crippen LogP contribution < -0.4 is 18.9 Å². The summed E-state index contributed by atoms with van der Waals surface area (Å²) < 4.78 is 22.1. The summed E-state index contributed by atoms with van der Waals surface area (Å²) >= 11 is 0. The Morgan fingerprint density at radius 2 is 1.54 bits per heavy atom. The number of likely N-dealkylation sites (N-methyl/N-ethyl adjacent to an activating group) is 1. The van der Waals surface area contributed by atoms with Crippen LogP contribution in [0.3, 0.4) is 0 Å². The van der Waals surface area contributed by atoms with Crippen LogP contribution in [0.1, 0.15) is 30.0 Å². The molecule has 1 saturated heterocycles. The van der Waals surface area contributed by atoms with Gasteiger partial charge in [-0.3, -0.25) is 4.79 Å². The van der Waals surface area contributed by atoms with Crippen LogP contribution in [0.4, 0.5) is 0 Å². The number of methoxy groups -OCH3 is 4. The fourth-order valence-electron chi connectivity index (χ4n) is 4.79. The summed E-state index contributed by atoms with van der Waals surface area (Å²) in [6, 6.07) is 9.91. The van der Waals surface area contributed by atoms with Crippen molar-refractivity contribution in [1.82, 2.24) is 9.80 Å². The number of hydrogen-bond donors (Lipinski definition) is 0. The van der Waals surface area contributed by atoms with E-state index in [4.69, 9.17) is 18.9 Å². The van der Waals surface area contributed by atoms with Gasteiger partial charge in [0.1, 0.15) is 5.75 Å². The minimum Gasteiger partial charge on any atom is -0.497 e. The number of rotatable bonds is 7. The zero-order valence-corrected chi connectivity index (χ0v) is 21.4. The lowest BCUT2D eigenvalue weighted by molar-refractivity contribution is -0.131. The highest BCUT2D eigenvalue weighted by Crippen LogP contribution is 2.46. The van der Waals surface area contributed by atoms with E-state index in [9.17, 15) is 4.79 Å². The van der Waals surface area contributed by atoms with E-state index in [0.717, 1.165) is 65.3 Å². The third kappa shape index (κ3) is 4.86. The van der Waals surface area contributed by atoms with Crippen molar-refractivity contribution in [3.05, 3.63) is 52.6 Å². The van der Waals surface area contributed by atoms with E-state index in [1.807, 2.05) is 29.2 Å². The van der Waals surface area contributed by atoms with Gasteiger partial charge in [0.2, 0.25) is 11.7 Å². The molecule has 2 aromatic rings. The Kier molecular flexibility index (Phi) is 7.36. The second-order valence-electron chi connectivity index (χ2n) is 8.89. The number of hydrogen-bond acceptors (Lipinski definition) is 6. The molecule has 2 aromatic carbocycles. The van der Waals surface area contributed by atoms with Crippen molar-refractivity contribution in [3.63, 3.8) is 0 Å². The van der Waals surface area contributed by atoms with Gasteiger partial charge in [0.15, 0.2) is 11.5 Å². The fourth-order valence-corrected chi connectivity index (χ4v) is 4.79. The Labute approximate surface area is 207 Å². The molecule has 35 heavy (non-hydrogen) atoms. The number of carbonyl (C=O) groups is 1. The SMILES string of the molecule is COc1ccc2c(c1)C(CC(=O)N1CCN(C)CC1)=C(C)C2=Cc1cc(OC)c(OC)c(OC)c1. The topological polar surface area (TPSA) is 60.5 Å². The third-order valence-corrected chi connectivity index (χ3v) is 6.88. The first-order valence-corrected chi connectivity index (χ1v) is 11.8. The summed E-state index contributed by atoms with van der Waals surface area (Å²) in [4.78, 5) is 17.5. The van der Waals surface area contributed by atoms with Gasteiger partial charge in [0.25, 0.3) is 0 Å². The largest absolute Gasteiger partial charge is 0.497 e. The zero-order valence-electron chi connectivity index (χ0n) is 21.4. The van der Waals surface area contributed by atoms with Crippen molar-refractivity contribution in [2.45, 2.75) is 13.3 Å². The minimum absolute atomic E-state index is 0.162. The molecule has 0 N–H and O–H groups in total. The van der Waals surface area contributed by atoms with Crippen LogP contribution in [0, 0.1) is 0 Å². The van der Waals surface area contributed by atoms with Crippen molar-refractivity contribution in [3.8, 4) is 23.0 Å². The minimum atomic E-state index is 0.162. The second-order valence-corrected chi connectivity index (χ2v) is 8.89. The summed E-state index contributed by atoms with van der Waals surface area (Å²) in [5, 5.41) is 0. The molecule has 0 aromatic heterocycles. The Balaban J connectivity index is 1.76. The molecule has 186 valence electrons. The second kappa shape index (κ2) is 10.4. The molecule has 1 aliphatic carbocycles. The molecule has 0 unspecified atom stereocenters. The number of ether oxygens (including phenoxy) is 4. The maximum atomic E-state index is 13.2. The Morgan fingerprint density at radius 3 is 2.11 bits per heavy atom. The van der Waals surface area contributed by atoms with E-state index >= 15 is 0 Å². The maximum absolute atomic E-state index is 13.2. The summed E-state index contributed by atoms with van der Waals surface area (Å²) in [6.45, 7) is 5.42. The molecule has 1 amide bonds. The highest BCUT2D eigenvalue weighted by molar-refractivity contribution is 6.08. The molecule has 1 aliphatic heterocycles. The van der Waals surface area contributed by atoms with Crippen LogP contribution in [0.2, 0.25) is 0 Å².